The van der Waals surface area contributed by atoms with E-state index in [2.05, 4.69) is 10.2 Å². The molecule has 3 fully saturated rings. The highest BCUT2D eigenvalue weighted by molar-refractivity contribution is 6.10. The molecule has 0 aromatic rings. The van der Waals surface area contributed by atoms with Gasteiger partial charge in [0.1, 0.15) is 5.41 Å². The van der Waals surface area contributed by atoms with Crippen LogP contribution in [-0.2, 0) is 9.59 Å². The van der Waals surface area contributed by atoms with E-state index in [9.17, 15) is 9.59 Å². The van der Waals surface area contributed by atoms with Gasteiger partial charge in [-0.15, -0.1) is 0 Å². The van der Waals surface area contributed by atoms with Crippen molar-refractivity contribution in [2.24, 2.45) is 16.7 Å². The fourth-order valence-electron chi connectivity index (χ4n) is 4.66. The molecule has 1 heterocycles. The summed E-state index contributed by atoms with van der Waals surface area (Å²) >= 11 is 0. The van der Waals surface area contributed by atoms with E-state index in [4.69, 9.17) is 0 Å². The smallest absolute Gasteiger partial charge is 0.233 e. The Morgan fingerprint density at radius 2 is 2.00 bits per heavy atom. The van der Waals surface area contributed by atoms with Crippen LogP contribution in [0.25, 0.3) is 0 Å². The van der Waals surface area contributed by atoms with Crippen molar-refractivity contribution in [1.29, 1.82) is 0 Å². The minimum atomic E-state index is -0.698. The van der Waals surface area contributed by atoms with Gasteiger partial charge in [-0.2, -0.15) is 0 Å². The van der Waals surface area contributed by atoms with Crippen molar-refractivity contribution in [1.82, 2.24) is 10.2 Å². The van der Waals surface area contributed by atoms with E-state index in [1.807, 2.05) is 13.8 Å². The molecule has 3 aliphatic rings. The lowest BCUT2D eigenvalue weighted by molar-refractivity contribution is -0.145. The van der Waals surface area contributed by atoms with Gasteiger partial charge in [0.25, 0.3) is 0 Å². The molecule has 2 unspecified atom stereocenters. The molecule has 2 saturated carbocycles. The Bertz CT molecular complexity index is 440. The number of fused-ring (bicyclic) bond motifs is 2. The van der Waals surface area contributed by atoms with Crippen LogP contribution >= 0.6 is 0 Å². The summed E-state index contributed by atoms with van der Waals surface area (Å²) in [5.41, 5.74) is -1.00. The van der Waals surface area contributed by atoms with Crippen molar-refractivity contribution in [2.45, 2.75) is 52.4 Å². The number of carbonyl (C=O) groups is 2. The second-order valence-electron chi connectivity index (χ2n) is 7.73. The van der Waals surface area contributed by atoms with E-state index in [0.29, 0.717) is 12.5 Å². The topological polar surface area (TPSA) is 49.4 Å². The molecule has 118 valence electrons. The predicted octanol–water partition coefficient (Wildman–Crippen LogP) is 1.98. The van der Waals surface area contributed by atoms with Gasteiger partial charge in [-0.05, 0) is 51.1 Å². The summed E-state index contributed by atoms with van der Waals surface area (Å²) in [5, 5.41) is 3.06. The van der Waals surface area contributed by atoms with Crippen molar-refractivity contribution >= 4 is 11.7 Å². The number of ketones is 1. The third kappa shape index (κ3) is 2.41. The molecule has 1 saturated heterocycles. The average molecular weight is 292 g/mol. The molecule has 4 nitrogen and oxygen atoms in total. The van der Waals surface area contributed by atoms with Crippen molar-refractivity contribution in [3.8, 4) is 0 Å². The average Bonchev–Trinajstić information content (AvgIpc) is 3.00. The Kier molecular flexibility index (Phi) is 3.85. The monoisotopic (exact) mass is 292 g/mol. The van der Waals surface area contributed by atoms with Crippen molar-refractivity contribution < 1.29 is 9.59 Å². The van der Waals surface area contributed by atoms with Crippen LogP contribution in [0.3, 0.4) is 0 Å². The number of likely N-dealkylation sites (tertiary alicyclic amines) is 1. The first-order valence-corrected chi connectivity index (χ1v) is 8.52. The zero-order valence-electron chi connectivity index (χ0n) is 13.4. The number of Topliss-reactive ketones (excluding diaryl/α,β-unsaturated/α-hetero) is 1. The standard InChI is InChI=1S/C17H28N2O2/c1-16(2)13-6-7-17(12-13,14(16)20)15(21)18-8-11-19-9-4-3-5-10-19/h13H,3-12H2,1-2H3,(H,18,21). The van der Waals surface area contributed by atoms with Crippen LogP contribution < -0.4 is 5.32 Å². The highest BCUT2D eigenvalue weighted by Crippen LogP contribution is 2.60. The Labute approximate surface area is 127 Å². The van der Waals surface area contributed by atoms with Gasteiger partial charge in [-0.3, -0.25) is 9.59 Å². The number of piperidine rings is 1. The first-order valence-electron chi connectivity index (χ1n) is 8.52. The first kappa shape index (κ1) is 15.0. The molecular weight excluding hydrogens is 264 g/mol. The van der Waals surface area contributed by atoms with E-state index in [1.54, 1.807) is 0 Å². The minimum Gasteiger partial charge on any atom is -0.354 e. The Morgan fingerprint density at radius 3 is 2.62 bits per heavy atom. The van der Waals surface area contributed by atoms with Gasteiger partial charge in [-0.1, -0.05) is 20.3 Å². The molecule has 0 aromatic heterocycles. The summed E-state index contributed by atoms with van der Waals surface area (Å²) in [6.45, 7) is 7.93. The molecule has 2 atom stereocenters. The fraction of sp³-hybridized carbons (Fsp3) is 0.882. The maximum atomic E-state index is 12.6. The largest absolute Gasteiger partial charge is 0.354 e. The molecule has 1 N–H and O–H groups in total. The summed E-state index contributed by atoms with van der Waals surface area (Å²) in [6.07, 6.45) is 6.43. The minimum absolute atomic E-state index is 0.00224. The van der Waals surface area contributed by atoms with Crippen molar-refractivity contribution in [2.75, 3.05) is 26.2 Å². The first-order chi connectivity index (χ1) is 9.97. The van der Waals surface area contributed by atoms with Gasteiger partial charge in [0, 0.05) is 18.5 Å². The third-order valence-electron chi connectivity index (χ3n) is 6.15. The van der Waals surface area contributed by atoms with Gasteiger partial charge in [-0.25, -0.2) is 0 Å². The summed E-state index contributed by atoms with van der Waals surface area (Å²) in [7, 11) is 0. The van der Waals surface area contributed by atoms with Crippen LogP contribution in [-0.4, -0.2) is 42.8 Å². The zero-order chi connectivity index (χ0) is 15.1. The number of rotatable bonds is 4. The Hall–Kier alpha value is -0.900. The van der Waals surface area contributed by atoms with Gasteiger partial charge in [0.2, 0.25) is 5.91 Å². The molecule has 21 heavy (non-hydrogen) atoms. The normalized spacial score (nSPS) is 35.1. The maximum absolute atomic E-state index is 12.6. The molecule has 2 bridgehead atoms. The molecule has 0 radical (unpaired) electrons. The molecule has 4 heteroatoms. The number of amides is 1. The summed E-state index contributed by atoms with van der Waals surface area (Å²) in [4.78, 5) is 27.7. The van der Waals surface area contributed by atoms with Crippen LogP contribution in [0.15, 0.2) is 0 Å². The SMILES string of the molecule is CC1(C)C(=O)C2(C(=O)NCCN3CCCCC3)CCC1C2. The highest BCUT2D eigenvalue weighted by atomic mass is 16.2. The number of hydrogen-bond donors (Lipinski definition) is 1. The predicted molar refractivity (Wildman–Crippen MR) is 81.9 cm³/mol. The zero-order valence-corrected chi connectivity index (χ0v) is 13.4. The van der Waals surface area contributed by atoms with E-state index in [-0.39, 0.29) is 17.1 Å². The highest BCUT2D eigenvalue weighted by Gasteiger charge is 2.64. The summed E-state index contributed by atoms with van der Waals surface area (Å²) in [6, 6.07) is 0. The number of carbonyl (C=O) groups excluding carboxylic acids is 2. The quantitative estimate of drug-likeness (QED) is 0.806. The summed E-state index contributed by atoms with van der Waals surface area (Å²) < 4.78 is 0. The third-order valence-corrected chi connectivity index (χ3v) is 6.15. The lowest BCUT2D eigenvalue weighted by Crippen LogP contribution is -2.49. The van der Waals surface area contributed by atoms with Crippen molar-refractivity contribution in [3.63, 3.8) is 0 Å². The van der Waals surface area contributed by atoms with Gasteiger partial charge < -0.3 is 10.2 Å². The van der Waals surface area contributed by atoms with Crippen LogP contribution in [0.5, 0.6) is 0 Å². The lowest BCUT2D eigenvalue weighted by Gasteiger charge is -2.32. The molecule has 2 aliphatic carbocycles. The second-order valence-corrected chi connectivity index (χ2v) is 7.73. The Morgan fingerprint density at radius 1 is 1.29 bits per heavy atom. The van der Waals surface area contributed by atoms with E-state index in [0.717, 1.165) is 38.9 Å². The van der Waals surface area contributed by atoms with Gasteiger partial charge in [0.15, 0.2) is 5.78 Å². The van der Waals surface area contributed by atoms with Crippen LogP contribution in [0.1, 0.15) is 52.4 Å². The van der Waals surface area contributed by atoms with Crippen LogP contribution in [0, 0.1) is 16.7 Å². The van der Waals surface area contributed by atoms with E-state index in [1.165, 1.54) is 19.3 Å². The molecule has 0 aromatic carbocycles. The fourth-order valence-corrected chi connectivity index (χ4v) is 4.66. The molecule has 3 rings (SSSR count). The molecule has 0 spiro atoms. The number of nitrogens with one attached hydrogen (secondary N) is 1. The molecule has 1 amide bonds. The number of nitrogens with zero attached hydrogens (tertiary/aromatic N) is 1. The maximum Gasteiger partial charge on any atom is 0.233 e. The molecular formula is C17H28N2O2. The number of hydrogen-bond acceptors (Lipinski definition) is 3. The van der Waals surface area contributed by atoms with E-state index < -0.39 is 5.41 Å². The molecule has 1 aliphatic heterocycles. The van der Waals surface area contributed by atoms with E-state index >= 15 is 0 Å². The van der Waals surface area contributed by atoms with Crippen LogP contribution in [0.4, 0.5) is 0 Å². The second kappa shape index (κ2) is 5.38. The summed E-state index contributed by atoms with van der Waals surface area (Å²) in [5.74, 6) is 0.581. The van der Waals surface area contributed by atoms with Crippen LogP contribution in [0.2, 0.25) is 0 Å². The van der Waals surface area contributed by atoms with Gasteiger partial charge >= 0.3 is 0 Å². The lowest BCUT2D eigenvalue weighted by atomic mass is 9.70. The Balaban J connectivity index is 1.55. The van der Waals surface area contributed by atoms with Gasteiger partial charge in [0.05, 0.1) is 0 Å². The van der Waals surface area contributed by atoms with Crippen molar-refractivity contribution in [3.05, 3.63) is 0 Å².